The fraction of sp³-hybridized carbons (Fsp3) is 0.333. The monoisotopic (exact) mass is 167 g/mol. The van der Waals surface area contributed by atoms with Crippen molar-refractivity contribution in [3.05, 3.63) is 35.9 Å². The van der Waals surface area contributed by atoms with Gasteiger partial charge in [-0.3, -0.25) is 0 Å². The van der Waals surface area contributed by atoms with Gasteiger partial charge in [-0.25, -0.2) is 0 Å². The van der Waals surface area contributed by atoms with Gasteiger partial charge in [0, 0.05) is 11.8 Å². The SMILES string of the molecule is NC[C@@H](S)Cc1ccccc1. The summed E-state index contributed by atoms with van der Waals surface area (Å²) < 4.78 is 0. The number of benzene rings is 1. The fourth-order valence-electron chi connectivity index (χ4n) is 0.970. The normalized spacial score (nSPS) is 12.9. The third kappa shape index (κ3) is 2.95. The molecule has 0 unspecified atom stereocenters. The van der Waals surface area contributed by atoms with Crippen molar-refractivity contribution in [1.82, 2.24) is 0 Å². The van der Waals surface area contributed by atoms with Crippen molar-refractivity contribution in [2.45, 2.75) is 11.7 Å². The first kappa shape index (κ1) is 8.62. The second-order valence-corrected chi connectivity index (χ2v) is 3.31. The lowest BCUT2D eigenvalue weighted by molar-refractivity contribution is 0.859. The van der Waals surface area contributed by atoms with Gasteiger partial charge in [-0.05, 0) is 12.0 Å². The summed E-state index contributed by atoms with van der Waals surface area (Å²) in [5.74, 6) is 0. The molecule has 0 fully saturated rings. The highest BCUT2D eigenvalue weighted by atomic mass is 32.1. The number of nitrogens with two attached hydrogens (primary N) is 1. The van der Waals surface area contributed by atoms with E-state index in [0.29, 0.717) is 6.54 Å². The summed E-state index contributed by atoms with van der Waals surface area (Å²) in [7, 11) is 0. The molecule has 0 saturated heterocycles. The molecule has 0 saturated carbocycles. The van der Waals surface area contributed by atoms with E-state index in [0.717, 1.165) is 6.42 Å². The fourth-order valence-corrected chi connectivity index (χ4v) is 1.18. The Morgan fingerprint density at radius 2 is 1.91 bits per heavy atom. The summed E-state index contributed by atoms with van der Waals surface area (Å²) in [6, 6.07) is 10.3. The van der Waals surface area contributed by atoms with Gasteiger partial charge in [0.25, 0.3) is 0 Å². The molecule has 1 aromatic rings. The van der Waals surface area contributed by atoms with E-state index in [9.17, 15) is 0 Å². The van der Waals surface area contributed by atoms with Crippen LogP contribution in [0.5, 0.6) is 0 Å². The van der Waals surface area contributed by atoms with Crippen LogP contribution in [-0.2, 0) is 6.42 Å². The Bertz CT molecular complexity index is 198. The summed E-state index contributed by atoms with van der Waals surface area (Å²) in [6.07, 6.45) is 0.959. The van der Waals surface area contributed by atoms with Gasteiger partial charge in [0.2, 0.25) is 0 Å². The smallest absolute Gasteiger partial charge is 0.0180 e. The molecule has 0 amide bonds. The molecule has 1 nitrogen and oxygen atoms in total. The van der Waals surface area contributed by atoms with Gasteiger partial charge < -0.3 is 5.73 Å². The molecular formula is C9H13NS. The van der Waals surface area contributed by atoms with Gasteiger partial charge in [-0.2, -0.15) is 12.6 Å². The van der Waals surface area contributed by atoms with E-state index in [1.807, 2.05) is 18.2 Å². The minimum Gasteiger partial charge on any atom is -0.329 e. The second kappa shape index (κ2) is 4.42. The highest BCUT2D eigenvalue weighted by molar-refractivity contribution is 7.81. The molecule has 1 rings (SSSR count). The third-order valence-corrected chi connectivity index (χ3v) is 1.98. The number of rotatable bonds is 3. The van der Waals surface area contributed by atoms with Crippen LogP contribution in [0.3, 0.4) is 0 Å². The standard InChI is InChI=1S/C9H13NS/c10-7-9(11)6-8-4-2-1-3-5-8/h1-5,9,11H,6-7,10H2/t9-/m0/s1. The van der Waals surface area contributed by atoms with E-state index in [-0.39, 0.29) is 5.25 Å². The number of hydrogen-bond donors (Lipinski definition) is 2. The average molecular weight is 167 g/mol. The molecule has 60 valence electrons. The van der Waals surface area contributed by atoms with Crippen LogP contribution in [0.25, 0.3) is 0 Å². The van der Waals surface area contributed by atoms with Crippen LogP contribution in [0.2, 0.25) is 0 Å². The quantitative estimate of drug-likeness (QED) is 0.655. The molecule has 0 aromatic heterocycles. The molecule has 0 heterocycles. The Labute approximate surface area is 73.0 Å². The van der Waals surface area contributed by atoms with E-state index >= 15 is 0 Å². The molecular weight excluding hydrogens is 154 g/mol. The van der Waals surface area contributed by atoms with Crippen molar-refractivity contribution in [3.63, 3.8) is 0 Å². The van der Waals surface area contributed by atoms with Crippen LogP contribution in [0.1, 0.15) is 5.56 Å². The Morgan fingerprint density at radius 1 is 1.27 bits per heavy atom. The van der Waals surface area contributed by atoms with Crippen LogP contribution in [0.15, 0.2) is 30.3 Å². The Kier molecular flexibility index (Phi) is 3.46. The average Bonchev–Trinajstić information content (AvgIpc) is 2.06. The van der Waals surface area contributed by atoms with E-state index in [2.05, 4.69) is 24.8 Å². The first-order chi connectivity index (χ1) is 5.33. The maximum Gasteiger partial charge on any atom is 0.0180 e. The molecule has 0 aliphatic carbocycles. The Morgan fingerprint density at radius 3 is 2.45 bits per heavy atom. The zero-order valence-corrected chi connectivity index (χ0v) is 7.30. The predicted octanol–water partition coefficient (Wildman–Crippen LogP) is 1.49. The molecule has 0 aliphatic rings. The molecule has 2 N–H and O–H groups in total. The zero-order chi connectivity index (χ0) is 8.10. The molecule has 0 bridgehead atoms. The van der Waals surface area contributed by atoms with Gasteiger partial charge in [0.05, 0.1) is 0 Å². The van der Waals surface area contributed by atoms with Crippen molar-refractivity contribution in [2.75, 3.05) is 6.54 Å². The van der Waals surface area contributed by atoms with Crippen molar-refractivity contribution < 1.29 is 0 Å². The van der Waals surface area contributed by atoms with Gasteiger partial charge >= 0.3 is 0 Å². The van der Waals surface area contributed by atoms with Crippen LogP contribution < -0.4 is 5.73 Å². The van der Waals surface area contributed by atoms with E-state index in [1.54, 1.807) is 0 Å². The first-order valence-electron chi connectivity index (χ1n) is 3.75. The lowest BCUT2D eigenvalue weighted by atomic mass is 10.1. The predicted molar refractivity (Wildman–Crippen MR) is 52.0 cm³/mol. The molecule has 11 heavy (non-hydrogen) atoms. The minimum absolute atomic E-state index is 0.289. The zero-order valence-electron chi connectivity index (χ0n) is 6.40. The van der Waals surface area contributed by atoms with E-state index in [1.165, 1.54) is 5.56 Å². The number of hydrogen-bond acceptors (Lipinski definition) is 2. The minimum atomic E-state index is 0.289. The number of thiol groups is 1. The Hall–Kier alpha value is -0.470. The largest absolute Gasteiger partial charge is 0.329 e. The summed E-state index contributed by atoms with van der Waals surface area (Å²) in [5.41, 5.74) is 6.75. The summed E-state index contributed by atoms with van der Waals surface area (Å²) >= 11 is 4.32. The Balaban J connectivity index is 2.51. The second-order valence-electron chi connectivity index (χ2n) is 2.58. The maximum atomic E-state index is 5.44. The van der Waals surface area contributed by atoms with Crippen molar-refractivity contribution in [3.8, 4) is 0 Å². The highest BCUT2D eigenvalue weighted by Gasteiger charge is 1.99. The lowest BCUT2D eigenvalue weighted by Gasteiger charge is -2.06. The molecule has 1 atom stereocenters. The molecule has 1 aromatic carbocycles. The lowest BCUT2D eigenvalue weighted by Crippen LogP contribution is -2.16. The van der Waals surface area contributed by atoms with Crippen molar-refractivity contribution in [1.29, 1.82) is 0 Å². The molecule has 0 aliphatic heterocycles. The van der Waals surface area contributed by atoms with Gasteiger partial charge in [-0.15, -0.1) is 0 Å². The van der Waals surface area contributed by atoms with Crippen LogP contribution in [0, 0.1) is 0 Å². The summed E-state index contributed by atoms with van der Waals surface area (Å²) in [5, 5.41) is 0.289. The van der Waals surface area contributed by atoms with Crippen LogP contribution in [-0.4, -0.2) is 11.8 Å². The van der Waals surface area contributed by atoms with Crippen LogP contribution in [0.4, 0.5) is 0 Å². The summed E-state index contributed by atoms with van der Waals surface area (Å²) in [6.45, 7) is 0.637. The molecule has 0 radical (unpaired) electrons. The van der Waals surface area contributed by atoms with Crippen molar-refractivity contribution >= 4 is 12.6 Å². The highest BCUT2D eigenvalue weighted by Crippen LogP contribution is 2.05. The van der Waals surface area contributed by atoms with Gasteiger partial charge in [0.1, 0.15) is 0 Å². The van der Waals surface area contributed by atoms with Crippen LogP contribution >= 0.6 is 12.6 Å². The molecule has 2 heteroatoms. The van der Waals surface area contributed by atoms with Crippen molar-refractivity contribution in [2.24, 2.45) is 5.73 Å². The summed E-state index contributed by atoms with van der Waals surface area (Å²) in [4.78, 5) is 0. The van der Waals surface area contributed by atoms with Gasteiger partial charge in [-0.1, -0.05) is 30.3 Å². The van der Waals surface area contributed by atoms with Gasteiger partial charge in [0.15, 0.2) is 0 Å². The third-order valence-electron chi connectivity index (χ3n) is 1.59. The van der Waals surface area contributed by atoms with E-state index < -0.39 is 0 Å². The first-order valence-corrected chi connectivity index (χ1v) is 4.26. The van der Waals surface area contributed by atoms with E-state index in [4.69, 9.17) is 5.73 Å². The topological polar surface area (TPSA) is 26.0 Å². The maximum absolute atomic E-state index is 5.44. The molecule has 0 spiro atoms.